The van der Waals surface area contributed by atoms with E-state index in [1.54, 1.807) is 0 Å². The summed E-state index contributed by atoms with van der Waals surface area (Å²) in [6.07, 6.45) is 0. The summed E-state index contributed by atoms with van der Waals surface area (Å²) in [5, 5.41) is 4.74. The zero-order chi connectivity index (χ0) is 10.8. The minimum Gasteiger partial charge on any atom is -0.369 e. The summed E-state index contributed by atoms with van der Waals surface area (Å²) in [6.45, 7) is 3.90. The molecule has 1 aromatic rings. The van der Waals surface area contributed by atoms with Crippen molar-refractivity contribution in [3.8, 4) is 0 Å². The number of anilines is 1. The van der Waals surface area contributed by atoms with Crippen LogP contribution in [-0.2, 0) is 0 Å². The standard InChI is InChI=1S/C10H11Cl3N2/c11-8-5-7(6-9(12)10(8)13)15-3-1-14-2-4-15/h5-6,14H,1-4H2. The first-order valence-electron chi connectivity index (χ1n) is 4.78. The highest BCUT2D eigenvalue weighted by molar-refractivity contribution is 6.48. The molecule has 0 atom stereocenters. The van der Waals surface area contributed by atoms with Crippen LogP contribution in [0.25, 0.3) is 0 Å². The van der Waals surface area contributed by atoms with Gasteiger partial charge in [-0.1, -0.05) is 34.8 Å². The molecule has 0 aliphatic carbocycles. The highest BCUT2D eigenvalue weighted by Gasteiger charge is 2.13. The van der Waals surface area contributed by atoms with Crippen molar-refractivity contribution >= 4 is 40.5 Å². The van der Waals surface area contributed by atoms with Crippen molar-refractivity contribution in [1.82, 2.24) is 5.32 Å². The quantitative estimate of drug-likeness (QED) is 0.785. The fourth-order valence-corrected chi connectivity index (χ4v) is 2.23. The highest BCUT2D eigenvalue weighted by atomic mass is 35.5. The van der Waals surface area contributed by atoms with Crippen molar-refractivity contribution in [2.45, 2.75) is 0 Å². The minimum atomic E-state index is 0.428. The van der Waals surface area contributed by atoms with E-state index < -0.39 is 0 Å². The Labute approximate surface area is 104 Å². The molecule has 1 aliphatic heterocycles. The van der Waals surface area contributed by atoms with Crippen LogP contribution in [0.15, 0.2) is 12.1 Å². The van der Waals surface area contributed by atoms with Gasteiger partial charge in [0.15, 0.2) is 0 Å². The largest absolute Gasteiger partial charge is 0.369 e. The Morgan fingerprint density at radius 3 is 2.07 bits per heavy atom. The van der Waals surface area contributed by atoms with Crippen molar-refractivity contribution in [1.29, 1.82) is 0 Å². The average Bonchev–Trinajstić information content (AvgIpc) is 2.26. The SMILES string of the molecule is Clc1cc(N2CCNCC2)cc(Cl)c1Cl. The lowest BCUT2D eigenvalue weighted by molar-refractivity contribution is 0.589. The van der Waals surface area contributed by atoms with E-state index in [0.29, 0.717) is 15.1 Å². The summed E-state index contributed by atoms with van der Waals surface area (Å²) in [5.74, 6) is 0. The molecule has 82 valence electrons. The van der Waals surface area contributed by atoms with E-state index in [0.717, 1.165) is 31.9 Å². The maximum absolute atomic E-state index is 5.98. The number of hydrogen-bond acceptors (Lipinski definition) is 2. The second kappa shape index (κ2) is 4.79. The van der Waals surface area contributed by atoms with Crippen LogP contribution < -0.4 is 10.2 Å². The Morgan fingerprint density at radius 1 is 1.00 bits per heavy atom. The lowest BCUT2D eigenvalue weighted by Crippen LogP contribution is -2.43. The molecule has 2 nitrogen and oxygen atoms in total. The number of hydrogen-bond donors (Lipinski definition) is 1. The van der Waals surface area contributed by atoms with Gasteiger partial charge in [0.25, 0.3) is 0 Å². The van der Waals surface area contributed by atoms with Crippen LogP contribution in [0.3, 0.4) is 0 Å². The average molecular weight is 266 g/mol. The molecule has 1 saturated heterocycles. The molecule has 2 rings (SSSR count). The third-order valence-electron chi connectivity index (χ3n) is 2.45. The molecule has 0 saturated carbocycles. The Kier molecular flexibility index (Phi) is 3.62. The van der Waals surface area contributed by atoms with Crippen molar-refractivity contribution in [2.24, 2.45) is 0 Å². The van der Waals surface area contributed by atoms with Crippen LogP contribution in [0.1, 0.15) is 0 Å². The first-order chi connectivity index (χ1) is 7.18. The van der Waals surface area contributed by atoms with Gasteiger partial charge in [-0.05, 0) is 12.1 Å². The lowest BCUT2D eigenvalue weighted by Gasteiger charge is -2.29. The van der Waals surface area contributed by atoms with Crippen molar-refractivity contribution < 1.29 is 0 Å². The first kappa shape index (κ1) is 11.3. The fraction of sp³-hybridized carbons (Fsp3) is 0.400. The van der Waals surface area contributed by atoms with E-state index in [4.69, 9.17) is 34.8 Å². The first-order valence-corrected chi connectivity index (χ1v) is 5.92. The van der Waals surface area contributed by atoms with Crippen molar-refractivity contribution in [3.63, 3.8) is 0 Å². The van der Waals surface area contributed by atoms with Crippen LogP contribution >= 0.6 is 34.8 Å². The summed E-state index contributed by atoms with van der Waals surface area (Å²) in [4.78, 5) is 2.24. The van der Waals surface area contributed by atoms with Crippen molar-refractivity contribution in [3.05, 3.63) is 27.2 Å². The van der Waals surface area contributed by atoms with E-state index in [1.165, 1.54) is 0 Å². The monoisotopic (exact) mass is 264 g/mol. The maximum Gasteiger partial charge on any atom is 0.0780 e. The van der Waals surface area contributed by atoms with Crippen LogP contribution in [0.4, 0.5) is 5.69 Å². The number of nitrogens with one attached hydrogen (secondary N) is 1. The number of nitrogens with zero attached hydrogens (tertiary/aromatic N) is 1. The summed E-state index contributed by atoms with van der Waals surface area (Å²) < 4.78 is 0. The summed E-state index contributed by atoms with van der Waals surface area (Å²) in [5.41, 5.74) is 1.04. The second-order valence-corrected chi connectivity index (χ2v) is 4.65. The number of rotatable bonds is 1. The normalized spacial score (nSPS) is 16.9. The van der Waals surface area contributed by atoms with E-state index >= 15 is 0 Å². The Morgan fingerprint density at radius 2 is 1.53 bits per heavy atom. The summed E-state index contributed by atoms with van der Waals surface area (Å²) >= 11 is 17.9. The molecular weight excluding hydrogens is 254 g/mol. The number of piperazine rings is 1. The third kappa shape index (κ3) is 2.51. The number of benzene rings is 1. The molecule has 1 fully saturated rings. The highest BCUT2D eigenvalue weighted by Crippen LogP contribution is 2.34. The molecule has 1 aromatic carbocycles. The van der Waals surface area contributed by atoms with Crippen LogP contribution in [0, 0.1) is 0 Å². The molecule has 15 heavy (non-hydrogen) atoms. The molecule has 0 bridgehead atoms. The van der Waals surface area contributed by atoms with Gasteiger partial charge in [0.05, 0.1) is 15.1 Å². The van der Waals surface area contributed by atoms with Gasteiger partial charge in [-0.25, -0.2) is 0 Å². The molecular formula is C10H11Cl3N2. The van der Waals surface area contributed by atoms with E-state index in [-0.39, 0.29) is 0 Å². The second-order valence-electron chi connectivity index (χ2n) is 3.46. The Hall–Kier alpha value is -0.150. The molecule has 0 amide bonds. The van der Waals surface area contributed by atoms with Gasteiger partial charge in [0.1, 0.15) is 0 Å². The molecule has 0 radical (unpaired) electrons. The maximum atomic E-state index is 5.98. The van der Waals surface area contributed by atoms with Gasteiger partial charge in [-0.15, -0.1) is 0 Å². The zero-order valence-electron chi connectivity index (χ0n) is 8.06. The van der Waals surface area contributed by atoms with Gasteiger partial charge in [-0.2, -0.15) is 0 Å². The van der Waals surface area contributed by atoms with Gasteiger partial charge in [-0.3, -0.25) is 0 Å². The Bertz CT molecular complexity index is 339. The van der Waals surface area contributed by atoms with Crippen molar-refractivity contribution in [2.75, 3.05) is 31.1 Å². The van der Waals surface area contributed by atoms with Gasteiger partial charge in [0, 0.05) is 31.9 Å². The third-order valence-corrected chi connectivity index (χ3v) is 3.65. The summed E-state index contributed by atoms with van der Waals surface area (Å²) in [7, 11) is 0. The van der Waals surface area contributed by atoms with Crippen LogP contribution in [0.5, 0.6) is 0 Å². The topological polar surface area (TPSA) is 15.3 Å². The minimum absolute atomic E-state index is 0.428. The molecule has 0 unspecified atom stereocenters. The number of halogens is 3. The molecule has 1 heterocycles. The van der Waals surface area contributed by atoms with E-state index in [1.807, 2.05) is 12.1 Å². The van der Waals surface area contributed by atoms with Gasteiger partial charge in [0.2, 0.25) is 0 Å². The van der Waals surface area contributed by atoms with Crippen LogP contribution in [-0.4, -0.2) is 26.2 Å². The fourth-order valence-electron chi connectivity index (χ4n) is 1.65. The Balaban J connectivity index is 2.27. The van der Waals surface area contributed by atoms with E-state index in [9.17, 15) is 0 Å². The molecule has 0 spiro atoms. The predicted octanol–water partition coefficient (Wildman–Crippen LogP) is 3.06. The summed E-state index contributed by atoms with van der Waals surface area (Å²) in [6, 6.07) is 3.72. The molecule has 1 N–H and O–H groups in total. The van der Waals surface area contributed by atoms with Crippen LogP contribution in [0.2, 0.25) is 15.1 Å². The van der Waals surface area contributed by atoms with E-state index in [2.05, 4.69) is 10.2 Å². The smallest absolute Gasteiger partial charge is 0.0780 e. The predicted molar refractivity (Wildman–Crippen MR) is 66.6 cm³/mol. The lowest BCUT2D eigenvalue weighted by atomic mass is 10.2. The zero-order valence-corrected chi connectivity index (χ0v) is 10.3. The molecule has 0 aromatic heterocycles. The van der Waals surface area contributed by atoms with Gasteiger partial charge < -0.3 is 10.2 Å². The molecule has 5 heteroatoms. The molecule has 1 aliphatic rings. The van der Waals surface area contributed by atoms with Gasteiger partial charge >= 0.3 is 0 Å².